The minimum atomic E-state index is -0.614. The van der Waals surface area contributed by atoms with E-state index in [0.717, 1.165) is 38.5 Å². The topological polar surface area (TPSA) is 148 Å². The molecule has 4 N–H and O–H groups in total. The Labute approximate surface area is 266 Å². The first kappa shape index (κ1) is 32.2. The van der Waals surface area contributed by atoms with Crippen molar-refractivity contribution in [2.24, 2.45) is 5.92 Å². The van der Waals surface area contributed by atoms with E-state index < -0.39 is 18.3 Å². The van der Waals surface area contributed by atoms with E-state index in [1.165, 1.54) is 6.33 Å². The second-order valence-electron chi connectivity index (χ2n) is 10.6. The zero-order valence-electron chi connectivity index (χ0n) is 25.1. The van der Waals surface area contributed by atoms with Crippen LogP contribution in [0.2, 0.25) is 0 Å². The number of urea groups is 1. The molecule has 1 aliphatic heterocycles. The number of aromatic nitrogens is 3. The first-order valence-corrected chi connectivity index (χ1v) is 15.8. The summed E-state index contributed by atoms with van der Waals surface area (Å²) in [6, 6.07) is 23.3. The summed E-state index contributed by atoms with van der Waals surface area (Å²) in [6.45, 7) is 4.18. The maximum Gasteiger partial charge on any atom is 0.325 e. The second kappa shape index (κ2) is 15.7. The molecule has 2 amide bonds. The number of carbonyl (C=O) groups excluding carboxylic acids is 2. The Morgan fingerprint density at radius 3 is 2.49 bits per heavy atom. The van der Waals surface area contributed by atoms with Crippen LogP contribution in [0.3, 0.4) is 0 Å². The molecule has 0 unspecified atom stereocenters. The Morgan fingerprint density at radius 1 is 0.978 bits per heavy atom. The summed E-state index contributed by atoms with van der Waals surface area (Å²) >= 11 is 1.55. The Bertz CT molecular complexity index is 1550. The number of ether oxygens (including phenoxy) is 3. The first-order chi connectivity index (χ1) is 21.9. The lowest BCUT2D eigenvalue weighted by Gasteiger charge is -2.41. The first-order valence-electron chi connectivity index (χ1n) is 14.8. The van der Waals surface area contributed by atoms with Crippen LogP contribution in [0.4, 0.5) is 4.79 Å². The lowest BCUT2D eigenvalue weighted by Crippen LogP contribution is -2.38. The number of aliphatic hydroxyl groups is 1. The van der Waals surface area contributed by atoms with Crippen LogP contribution in [0, 0.1) is 5.92 Å². The summed E-state index contributed by atoms with van der Waals surface area (Å²) < 4.78 is 18.0. The summed E-state index contributed by atoms with van der Waals surface area (Å²) in [7, 11) is 0. The van der Waals surface area contributed by atoms with Crippen LogP contribution in [0.1, 0.15) is 48.5 Å². The van der Waals surface area contributed by atoms with Gasteiger partial charge >= 0.3 is 12.0 Å². The van der Waals surface area contributed by atoms with Gasteiger partial charge in [-0.1, -0.05) is 79.3 Å². The fraction of sp³-hybridized carbons (Fsp3) is 0.333. The maximum absolute atomic E-state index is 12.1. The van der Waals surface area contributed by atoms with Crippen LogP contribution in [0.25, 0.3) is 11.1 Å². The van der Waals surface area contributed by atoms with E-state index in [2.05, 4.69) is 38.8 Å². The zero-order chi connectivity index (χ0) is 31.6. The molecule has 4 aromatic rings. The number of thioether (sulfide) groups is 1. The van der Waals surface area contributed by atoms with E-state index in [0.29, 0.717) is 5.75 Å². The highest BCUT2D eigenvalue weighted by molar-refractivity contribution is 7.99. The summed E-state index contributed by atoms with van der Waals surface area (Å²) in [5.74, 6) is 0.211. The number of H-pyrrole nitrogens is 1. The number of hydrogen-bond acceptors (Lipinski definition) is 9. The van der Waals surface area contributed by atoms with Gasteiger partial charge in [0.1, 0.15) is 12.9 Å². The maximum atomic E-state index is 12.1. The Kier molecular flexibility index (Phi) is 11.2. The fourth-order valence-electron chi connectivity index (χ4n) is 5.07. The lowest BCUT2D eigenvalue weighted by atomic mass is 9.91. The van der Waals surface area contributed by atoms with Gasteiger partial charge in [0.2, 0.25) is 0 Å². The van der Waals surface area contributed by atoms with Crippen LogP contribution in [0.15, 0.2) is 84.3 Å². The number of rotatable bonds is 12. The van der Waals surface area contributed by atoms with Gasteiger partial charge in [-0.25, -0.2) is 9.78 Å². The number of benzene rings is 3. The van der Waals surface area contributed by atoms with E-state index in [9.17, 15) is 14.7 Å². The van der Waals surface area contributed by atoms with Gasteiger partial charge in [0, 0.05) is 23.8 Å². The lowest BCUT2D eigenvalue weighted by molar-refractivity contribution is -0.268. The molecular weight excluding hydrogens is 594 g/mol. The Hall–Kier alpha value is -4.23. The van der Waals surface area contributed by atoms with Crippen molar-refractivity contribution in [3.63, 3.8) is 0 Å². The largest absolute Gasteiger partial charge is 0.465 e. The van der Waals surface area contributed by atoms with Gasteiger partial charge in [-0.15, -0.1) is 0 Å². The smallest absolute Gasteiger partial charge is 0.325 e. The van der Waals surface area contributed by atoms with Crippen LogP contribution >= 0.6 is 11.8 Å². The molecule has 0 saturated carbocycles. The van der Waals surface area contributed by atoms with Crippen LogP contribution in [-0.4, -0.2) is 57.3 Å². The van der Waals surface area contributed by atoms with Crippen molar-refractivity contribution >= 4 is 23.8 Å². The van der Waals surface area contributed by atoms with E-state index >= 15 is 0 Å². The highest BCUT2D eigenvalue weighted by Crippen LogP contribution is 2.43. The fourth-order valence-corrected chi connectivity index (χ4v) is 6.01. The van der Waals surface area contributed by atoms with Crippen LogP contribution < -0.4 is 10.6 Å². The number of aliphatic hydroxyl groups excluding tert-OH is 1. The minimum Gasteiger partial charge on any atom is -0.465 e. The molecule has 2 heterocycles. The quantitative estimate of drug-likeness (QED) is 0.126. The molecule has 0 aliphatic carbocycles. The zero-order valence-corrected chi connectivity index (χ0v) is 26.0. The molecule has 45 heavy (non-hydrogen) atoms. The molecule has 4 atom stereocenters. The molecule has 236 valence electrons. The Morgan fingerprint density at radius 2 is 1.76 bits per heavy atom. The van der Waals surface area contributed by atoms with Crippen LogP contribution in [-0.2, 0) is 32.2 Å². The summed E-state index contributed by atoms with van der Waals surface area (Å²) in [5, 5.41) is 22.4. The van der Waals surface area contributed by atoms with Gasteiger partial charge in [-0.05, 0) is 46.9 Å². The van der Waals surface area contributed by atoms with Gasteiger partial charge < -0.3 is 30.0 Å². The second-order valence-corrected chi connectivity index (χ2v) is 11.6. The minimum absolute atomic E-state index is 0.0176. The molecule has 12 heteroatoms. The molecule has 0 spiro atoms. The van der Waals surface area contributed by atoms with Gasteiger partial charge in [-0.2, -0.15) is 5.10 Å². The molecule has 0 bridgehead atoms. The molecule has 1 aliphatic rings. The standard InChI is InChI=1S/C33H37N5O6S/c1-3-42-29(40)17-35-32(41)34-16-23-6-4-7-25(14-23)26-8-5-9-27(15-26)31-43-28(19-45-33-36-20-37-38-33)21(2)30(44-31)24-12-10-22(18-39)11-13-24/h4-15,20-21,28,30-31,39H,3,16-19H2,1-2H3,(H2,34,35,41)(H,36,37,38)/t21-,28+,30+,31+/m0/s1. The van der Waals surface area contributed by atoms with Crippen molar-refractivity contribution in [2.75, 3.05) is 18.9 Å². The van der Waals surface area contributed by atoms with Gasteiger partial charge in [0.05, 0.1) is 25.4 Å². The number of carbonyl (C=O) groups is 2. The normalized spacial score (nSPS) is 19.5. The number of amides is 2. The number of nitrogens with one attached hydrogen (secondary N) is 3. The van der Waals surface area contributed by atoms with Crippen molar-refractivity contribution in [3.8, 4) is 11.1 Å². The van der Waals surface area contributed by atoms with E-state index in [4.69, 9.17) is 14.2 Å². The number of esters is 1. The van der Waals surface area contributed by atoms with Crippen molar-refractivity contribution in [1.82, 2.24) is 25.8 Å². The average Bonchev–Trinajstić information content (AvgIpc) is 3.60. The number of hydrogen-bond donors (Lipinski definition) is 4. The average molecular weight is 632 g/mol. The predicted molar refractivity (Wildman–Crippen MR) is 169 cm³/mol. The van der Waals surface area contributed by atoms with Crippen molar-refractivity contribution in [3.05, 3.63) is 101 Å². The van der Waals surface area contributed by atoms with Gasteiger partial charge in [0.25, 0.3) is 0 Å². The summed E-state index contributed by atoms with van der Waals surface area (Å²) in [4.78, 5) is 27.9. The van der Waals surface area contributed by atoms with Crippen molar-refractivity contribution in [1.29, 1.82) is 0 Å². The highest BCUT2D eigenvalue weighted by Gasteiger charge is 2.38. The van der Waals surface area contributed by atoms with E-state index in [-0.39, 0.29) is 44.4 Å². The van der Waals surface area contributed by atoms with Crippen molar-refractivity contribution in [2.45, 2.75) is 50.7 Å². The van der Waals surface area contributed by atoms with Gasteiger partial charge in [0.15, 0.2) is 11.4 Å². The molecular formula is C33H37N5O6S. The molecule has 1 saturated heterocycles. The molecule has 5 rings (SSSR count). The molecule has 3 aromatic carbocycles. The predicted octanol–water partition coefficient (Wildman–Crippen LogP) is 4.91. The third kappa shape index (κ3) is 8.70. The van der Waals surface area contributed by atoms with Crippen molar-refractivity contribution < 1.29 is 28.9 Å². The molecule has 1 aromatic heterocycles. The molecule has 11 nitrogen and oxygen atoms in total. The van der Waals surface area contributed by atoms with Crippen LogP contribution in [0.5, 0.6) is 0 Å². The monoisotopic (exact) mass is 631 g/mol. The molecule has 1 fully saturated rings. The number of aromatic amines is 1. The van der Waals surface area contributed by atoms with E-state index in [1.807, 2.05) is 66.7 Å². The number of nitrogens with zero attached hydrogens (tertiary/aromatic N) is 2. The van der Waals surface area contributed by atoms with Gasteiger partial charge in [-0.3, -0.25) is 9.89 Å². The Balaban J connectivity index is 1.31. The third-order valence-electron chi connectivity index (χ3n) is 7.47. The molecule has 0 radical (unpaired) electrons. The summed E-state index contributed by atoms with van der Waals surface area (Å²) in [6.07, 6.45) is 0.499. The highest BCUT2D eigenvalue weighted by atomic mass is 32.2. The SMILES string of the molecule is CCOC(=O)CNC(=O)NCc1cccc(-c2cccc([C@@H]3O[C@H](CSc4ncn[nH]4)[C@H](C)[C@H](c4ccc(CO)cc4)O3)c2)c1. The van der Waals surface area contributed by atoms with E-state index in [1.54, 1.807) is 18.7 Å². The third-order valence-corrected chi connectivity index (χ3v) is 8.44. The summed E-state index contributed by atoms with van der Waals surface area (Å²) in [5.41, 5.74) is 5.59.